The van der Waals surface area contributed by atoms with E-state index in [0.717, 1.165) is 41.7 Å². The van der Waals surface area contributed by atoms with Gasteiger partial charge < -0.3 is 4.90 Å². The number of rotatable bonds is 5. The zero-order valence-corrected chi connectivity index (χ0v) is 18.5. The number of amides is 1. The van der Waals surface area contributed by atoms with Gasteiger partial charge in [-0.1, -0.05) is 24.8 Å². The van der Waals surface area contributed by atoms with Gasteiger partial charge in [0, 0.05) is 31.0 Å². The summed E-state index contributed by atoms with van der Waals surface area (Å²) in [5.74, 6) is 1.87. The number of piperidine rings is 1. The number of pyridine rings is 1. The van der Waals surface area contributed by atoms with E-state index in [2.05, 4.69) is 54.2 Å². The molecule has 0 saturated carbocycles. The lowest BCUT2D eigenvalue weighted by Gasteiger charge is -2.30. The number of hydrogen-bond acceptors (Lipinski definition) is 5. The summed E-state index contributed by atoms with van der Waals surface area (Å²) in [6, 6.07) is 10.2. The van der Waals surface area contributed by atoms with Crippen LogP contribution in [-0.4, -0.2) is 49.4 Å². The van der Waals surface area contributed by atoms with Crippen molar-refractivity contribution in [2.75, 3.05) is 18.8 Å². The first-order valence-electron chi connectivity index (χ1n) is 10.4. The molecule has 0 spiro atoms. The fourth-order valence-corrected chi connectivity index (χ4v) is 4.64. The standard InChI is InChI=1S/C23H27N5OS/c1-16-5-4-12-27(14-16)21(29)15-30-23-26-25-22(19-8-10-24-11-9-19)28(23)20-7-6-17(2)18(3)13-20/h6-11,13,16H,4-5,12,14-15H2,1-3H3/t16-/m1/s1. The Morgan fingerprint density at radius 3 is 2.67 bits per heavy atom. The topological polar surface area (TPSA) is 63.9 Å². The average Bonchev–Trinajstić information content (AvgIpc) is 3.18. The van der Waals surface area contributed by atoms with Crippen molar-refractivity contribution in [1.82, 2.24) is 24.6 Å². The highest BCUT2D eigenvalue weighted by atomic mass is 32.2. The van der Waals surface area contributed by atoms with Gasteiger partial charge in [-0.25, -0.2) is 0 Å². The van der Waals surface area contributed by atoms with Crippen LogP contribution >= 0.6 is 11.8 Å². The number of carbonyl (C=O) groups is 1. The molecule has 0 N–H and O–H groups in total. The Balaban J connectivity index is 1.63. The van der Waals surface area contributed by atoms with Gasteiger partial charge >= 0.3 is 0 Å². The molecule has 0 radical (unpaired) electrons. The Bertz CT molecular complexity index is 1030. The van der Waals surface area contributed by atoms with Crippen molar-refractivity contribution in [3.05, 3.63) is 53.9 Å². The van der Waals surface area contributed by atoms with Crippen molar-refractivity contribution in [3.63, 3.8) is 0 Å². The van der Waals surface area contributed by atoms with Crippen LogP contribution in [0.5, 0.6) is 0 Å². The summed E-state index contributed by atoms with van der Waals surface area (Å²) in [6.45, 7) is 8.12. The molecule has 3 aromatic rings. The number of aromatic nitrogens is 4. The van der Waals surface area contributed by atoms with E-state index in [1.54, 1.807) is 12.4 Å². The third-order valence-electron chi connectivity index (χ3n) is 5.66. The van der Waals surface area contributed by atoms with Crippen LogP contribution in [0, 0.1) is 19.8 Å². The number of aryl methyl sites for hydroxylation is 2. The van der Waals surface area contributed by atoms with Gasteiger partial charge in [-0.05, 0) is 68.0 Å². The second-order valence-electron chi connectivity index (χ2n) is 8.02. The van der Waals surface area contributed by atoms with Crippen molar-refractivity contribution in [3.8, 4) is 17.1 Å². The molecule has 4 rings (SSSR count). The number of carbonyl (C=O) groups excluding carboxylic acids is 1. The molecule has 7 heteroatoms. The van der Waals surface area contributed by atoms with E-state index in [1.807, 2.05) is 21.6 Å². The van der Waals surface area contributed by atoms with E-state index in [1.165, 1.54) is 29.3 Å². The fraction of sp³-hybridized carbons (Fsp3) is 0.391. The minimum absolute atomic E-state index is 0.173. The maximum Gasteiger partial charge on any atom is 0.233 e. The monoisotopic (exact) mass is 421 g/mol. The molecule has 1 aromatic carbocycles. The van der Waals surface area contributed by atoms with Gasteiger partial charge in [0.25, 0.3) is 0 Å². The van der Waals surface area contributed by atoms with E-state index >= 15 is 0 Å². The molecule has 0 aliphatic carbocycles. The zero-order valence-electron chi connectivity index (χ0n) is 17.7. The van der Waals surface area contributed by atoms with Crippen molar-refractivity contribution in [1.29, 1.82) is 0 Å². The highest BCUT2D eigenvalue weighted by Gasteiger charge is 2.23. The molecule has 0 bridgehead atoms. The van der Waals surface area contributed by atoms with E-state index in [-0.39, 0.29) is 5.91 Å². The van der Waals surface area contributed by atoms with Crippen LogP contribution in [0.15, 0.2) is 47.9 Å². The van der Waals surface area contributed by atoms with Gasteiger partial charge in [-0.3, -0.25) is 14.3 Å². The second-order valence-corrected chi connectivity index (χ2v) is 8.96. The first-order chi connectivity index (χ1) is 14.5. The highest BCUT2D eigenvalue weighted by Crippen LogP contribution is 2.29. The number of likely N-dealkylation sites (tertiary alicyclic amines) is 1. The van der Waals surface area contributed by atoms with Gasteiger partial charge in [0.2, 0.25) is 5.91 Å². The van der Waals surface area contributed by atoms with Crippen molar-refractivity contribution in [2.45, 2.75) is 38.8 Å². The summed E-state index contributed by atoms with van der Waals surface area (Å²) in [4.78, 5) is 18.9. The third kappa shape index (κ3) is 4.41. The largest absolute Gasteiger partial charge is 0.342 e. The molecule has 30 heavy (non-hydrogen) atoms. The molecule has 1 aliphatic rings. The Labute approximate surface area is 181 Å². The summed E-state index contributed by atoms with van der Waals surface area (Å²) < 4.78 is 2.04. The Hall–Kier alpha value is -2.67. The maximum absolute atomic E-state index is 12.8. The molecular formula is C23H27N5OS. The van der Waals surface area contributed by atoms with Crippen LogP contribution in [0.2, 0.25) is 0 Å². The molecule has 3 heterocycles. The van der Waals surface area contributed by atoms with Gasteiger partial charge in [0.15, 0.2) is 11.0 Å². The number of thioether (sulfide) groups is 1. The quantitative estimate of drug-likeness (QED) is 0.575. The SMILES string of the molecule is Cc1ccc(-n2c(SCC(=O)N3CCC[C@@H](C)C3)nnc2-c2ccncc2)cc1C. The summed E-state index contributed by atoms with van der Waals surface area (Å²) >= 11 is 1.45. The summed E-state index contributed by atoms with van der Waals surface area (Å²) in [6.07, 6.45) is 5.79. The first kappa shape index (κ1) is 20.6. The molecule has 1 aliphatic heterocycles. The molecule has 1 atom stereocenters. The van der Waals surface area contributed by atoms with E-state index in [4.69, 9.17) is 0 Å². The van der Waals surface area contributed by atoms with E-state index in [9.17, 15) is 4.79 Å². The Kier molecular flexibility index (Phi) is 6.18. The lowest BCUT2D eigenvalue weighted by Crippen LogP contribution is -2.40. The highest BCUT2D eigenvalue weighted by molar-refractivity contribution is 7.99. The number of hydrogen-bond donors (Lipinski definition) is 0. The van der Waals surface area contributed by atoms with Crippen molar-refractivity contribution < 1.29 is 4.79 Å². The molecule has 1 fully saturated rings. The van der Waals surface area contributed by atoms with Crippen LogP contribution < -0.4 is 0 Å². The third-order valence-corrected chi connectivity index (χ3v) is 6.57. The molecule has 156 valence electrons. The number of nitrogens with zero attached hydrogens (tertiary/aromatic N) is 5. The fourth-order valence-electron chi connectivity index (χ4n) is 3.78. The van der Waals surface area contributed by atoms with Gasteiger partial charge in [-0.15, -0.1) is 10.2 Å². The van der Waals surface area contributed by atoms with Crippen molar-refractivity contribution in [2.24, 2.45) is 5.92 Å². The second kappa shape index (κ2) is 9.00. The van der Waals surface area contributed by atoms with Crippen LogP contribution in [-0.2, 0) is 4.79 Å². The predicted molar refractivity (Wildman–Crippen MR) is 120 cm³/mol. The lowest BCUT2D eigenvalue weighted by molar-refractivity contribution is -0.130. The minimum atomic E-state index is 0.173. The smallest absolute Gasteiger partial charge is 0.233 e. The van der Waals surface area contributed by atoms with Crippen LogP contribution in [0.4, 0.5) is 0 Å². The van der Waals surface area contributed by atoms with E-state index in [0.29, 0.717) is 11.7 Å². The lowest BCUT2D eigenvalue weighted by atomic mass is 10.0. The minimum Gasteiger partial charge on any atom is -0.342 e. The maximum atomic E-state index is 12.8. The summed E-state index contributed by atoms with van der Waals surface area (Å²) in [5, 5.41) is 9.62. The Morgan fingerprint density at radius 1 is 1.13 bits per heavy atom. The number of benzene rings is 1. The van der Waals surface area contributed by atoms with Crippen LogP contribution in [0.1, 0.15) is 30.9 Å². The first-order valence-corrected chi connectivity index (χ1v) is 11.4. The zero-order chi connectivity index (χ0) is 21.1. The molecule has 1 amide bonds. The van der Waals surface area contributed by atoms with Gasteiger partial charge in [-0.2, -0.15) is 0 Å². The normalized spacial score (nSPS) is 16.6. The predicted octanol–water partition coefficient (Wildman–Crippen LogP) is 4.30. The molecule has 1 saturated heterocycles. The molecule has 2 aromatic heterocycles. The van der Waals surface area contributed by atoms with Gasteiger partial charge in [0.05, 0.1) is 11.4 Å². The van der Waals surface area contributed by atoms with Crippen LogP contribution in [0.25, 0.3) is 17.1 Å². The average molecular weight is 422 g/mol. The van der Waals surface area contributed by atoms with Crippen LogP contribution in [0.3, 0.4) is 0 Å². The van der Waals surface area contributed by atoms with Gasteiger partial charge in [0.1, 0.15) is 0 Å². The molecular weight excluding hydrogens is 394 g/mol. The Morgan fingerprint density at radius 2 is 1.93 bits per heavy atom. The van der Waals surface area contributed by atoms with E-state index < -0.39 is 0 Å². The molecule has 6 nitrogen and oxygen atoms in total. The summed E-state index contributed by atoms with van der Waals surface area (Å²) in [7, 11) is 0. The summed E-state index contributed by atoms with van der Waals surface area (Å²) in [5.41, 5.74) is 4.38. The van der Waals surface area contributed by atoms with Crippen molar-refractivity contribution >= 4 is 17.7 Å². The molecule has 0 unspecified atom stereocenters.